The van der Waals surface area contributed by atoms with Gasteiger partial charge in [0.2, 0.25) is 20.0 Å². The molecule has 0 radical (unpaired) electrons. The molecule has 4 aromatic rings. The number of benzene rings is 4. The Balaban J connectivity index is 0.000000175. The fourth-order valence-corrected chi connectivity index (χ4v) is 18.2. The van der Waals surface area contributed by atoms with E-state index in [2.05, 4.69) is 43.5 Å². The number of carbonyl (C=O) groups is 4. The maximum atomic E-state index is 13.4. The van der Waals surface area contributed by atoms with E-state index < -0.39 is 42.7 Å². The van der Waals surface area contributed by atoms with E-state index in [1.807, 2.05) is 65.8 Å². The molecule has 2 fully saturated rings. The lowest BCUT2D eigenvalue weighted by Gasteiger charge is -2.44. The van der Waals surface area contributed by atoms with Crippen LogP contribution in [0.4, 0.5) is 11.4 Å². The van der Waals surface area contributed by atoms with Crippen molar-refractivity contribution in [2.75, 3.05) is 60.7 Å². The second-order valence-electron chi connectivity index (χ2n) is 26.9. The van der Waals surface area contributed by atoms with Crippen LogP contribution in [0.25, 0.3) is 0 Å². The highest BCUT2D eigenvalue weighted by Gasteiger charge is 2.47. The predicted molar refractivity (Wildman–Crippen MR) is 330 cm³/mol. The first-order valence-corrected chi connectivity index (χ1v) is 33.9. The summed E-state index contributed by atoms with van der Waals surface area (Å²) in [6, 6.07) is 22.6. The first kappa shape index (κ1) is 60.0. The zero-order valence-corrected chi connectivity index (χ0v) is 52.1. The number of ether oxygens (including phenoxy) is 2. The van der Waals surface area contributed by atoms with Gasteiger partial charge in [0.15, 0.2) is 11.6 Å². The Labute approximate surface area is 505 Å². The Kier molecular flexibility index (Phi) is 16.3. The highest BCUT2D eigenvalue weighted by molar-refractivity contribution is 7.90. The number of aryl methyl sites for hydroxylation is 2. The molecule has 8 aliphatic rings. The molecule has 18 heteroatoms. The van der Waals surface area contributed by atoms with Crippen LogP contribution in [-0.2, 0) is 53.3 Å². The monoisotopic (exact) mass is 1220 g/mol. The fourth-order valence-electron chi connectivity index (χ4n) is 14.4. The zero-order valence-electron chi connectivity index (χ0n) is 49.0. The predicted octanol–water partition coefficient (Wildman–Crippen LogP) is 11.4. The minimum atomic E-state index is -3.95. The van der Waals surface area contributed by atoms with Crippen LogP contribution in [0, 0.1) is 46.3 Å². The Hall–Kier alpha value is -5.68. The van der Waals surface area contributed by atoms with Crippen molar-refractivity contribution in [1.82, 2.24) is 9.44 Å². The number of ketones is 2. The van der Waals surface area contributed by atoms with E-state index in [0.29, 0.717) is 50.9 Å². The summed E-state index contributed by atoms with van der Waals surface area (Å²) in [6.45, 7) is 14.8. The van der Waals surface area contributed by atoms with E-state index in [4.69, 9.17) is 32.7 Å². The summed E-state index contributed by atoms with van der Waals surface area (Å²) in [6.07, 6.45) is 16.4. The highest BCUT2D eigenvalue weighted by atomic mass is 35.5. The summed E-state index contributed by atoms with van der Waals surface area (Å²) >= 11 is 12.8. The number of rotatable bonds is 0. The van der Waals surface area contributed by atoms with Gasteiger partial charge in [-0.25, -0.2) is 26.3 Å². The molecule has 4 aromatic carbocycles. The van der Waals surface area contributed by atoms with E-state index >= 15 is 0 Å². The standard InChI is InChI=1S/2C33H39ClN2O5S/c2*1-21-6-12-29(37)26-10-7-24(26)17-36-18-33(14-4-5-22-15-25(34)9-11-27(22)33)19-41-30-13-8-23(16-28(30)36)31(38)35-42(39,40)20-32(21,2)3/h2*6,8-9,11-13,15-16,21,24,26H,4-5,7,10,14,17-20H2,1-3H3,(H,35,38)/b2*12-6+/t21-,24+,26-,33+;21-,24-,26+,33-/m10/s1. The average Bonchev–Trinajstić information content (AvgIpc) is 1.77. The third-order valence-electron chi connectivity index (χ3n) is 20.3. The van der Waals surface area contributed by atoms with Gasteiger partial charge in [0.1, 0.15) is 11.5 Å². The van der Waals surface area contributed by atoms with E-state index in [0.717, 1.165) is 85.6 Å². The lowest BCUT2D eigenvalue weighted by molar-refractivity contribution is -0.123. The van der Waals surface area contributed by atoms with Gasteiger partial charge in [0, 0.05) is 70.0 Å². The third-order valence-corrected chi connectivity index (χ3v) is 24.0. The van der Waals surface area contributed by atoms with Gasteiger partial charge >= 0.3 is 0 Å². The van der Waals surface area contributed by atoms with Crippen LogP contribution in [0.2, 0.25) is 10.0 Å². The SMILES string of the molecule is C[C@@H]1/C=C/C(=O)[C@@H]2CC[C@H]2CN2C[C@@]3(CCCc4cc(Cl)ccc43)COc3ccc(cc32)C(=O)NS(=O)(=O)CC1(C)C.C[C@H]1/C=C/C(=O)[C@@H]2CC[C@H]2CN2C[C@@]3(CCCc4cc(Cl)ccc43)COc3ccc(cc32)C(=O)NS(=O)(=O)CC1(C)C. The second-order valence-corrected chi connectivity index (χ2v) is 31.2. The minimum absolute atomic E-state index is 0.0827. The van der Waals surface area contributed by atoms with Gasteiger partial charge in [-0.3, -0.25) is 19.2 Å². The van der Waals surface area contributed by atoms with Crippen molar-refractivity contribution >= 4 is 78.0 Å². The van der Waals surface area contributed by atoms with Crippen molar-refractivity contribution in [1.29, 1.82) is 0 Å². The molecular formula is C66H78Cl2N4O10S2. The molecular weight excluding hydrogens is 1140 g/mol. The van der Waals surface area contributed by atoms with Crippen molar-refractivity contribution in [3.05, 3.63) is 141 Å². The summed E-state index contributed by atoms with van der Waals surface area (Å²) in [7, 11) is -7.89. The summed E-state index contributed by atoms with van der Waals surface area (Å²) in [5, 5.41) is 1.45. The zero-order chi connectivity index (χ0) is 59.7. The summed E-state index contributed by atoms with van der Waals surface area (Å²) in [5.74, 6) is -0.477. The molecule has 4 bridgehead atoms. The van der Waals surface area contributed by atoms with Gasteiger partial charge in [0.05, 0.1) is 36.1 Å². The number of hydrogen-bond donors (Lipinski definition) is 2. The Morgan fingerprint density at radius 1 is 0.548 bits per heavy atom. The van der Waals surface area contributed by atoms with E-state index in [1.165, 1.54) is 22.3 Å². The fraction of sp³-hybridized carbons (Fsp3) is 0.515. The molecule has 0 saturated heterocycles. The first-order chi connectivity index (χ1) is 39.7. The number of sulfonamides is 2. The number of amides is 2. The van der Waals surface area contributed by atoms with Crippen LogP contribution < -0.4 is 28.7 Å². The van der Waals surface area contributed by atoms with E-state index in [1.54, 1.807) is 48.6 Å². The second kappa shape index (κ2) is 22.9. The number of fused-ring (bicyclic) bond motifs is 8. The summed E-state index contributed by atoms with van der Waals surface area (Å²) < 4.78 is 70.1. The molecule has 0 aromatic heterocycles. The number of nitrogens with one attached hydrogen (secondary N) is 2. The van der Waals surface area contributed by atoms with E-state index in [9.17, 15) is 36.0 Å². The van der Waals surface area contributed by atoms with Crippen molar-refractivity contribution in [3.63, 3.8) is 0 Å². The molecule has 4 aliphatic heterocycles. The first-order valence-electron chi connectivity index (χ1n) is 29.9. The maximum absolute atomic E-state index is 13.4. The van der Waals surface area contributed by atoms with Gasteiger partial charge in [-0.05, 0) is 194 Å². The molecule has 2 saturated carbocycles. The lowest BCUT2D eigenvalue weighted by Crippen LogP contribution is -2.49. The molecule has 4 aliphatic carbocycles. The van der Waals surface area contributed by atoms with Crippen molar-refractivity contribution in [2.45, 2.75) is 117 Å². The van der Waals surface area contributed by atoms with Crippen LogP contribution in [0.3, 0.4) is 0 Å². The smallest absolute Gasteiger partial charge is 0.264 e. The molecule has 2 amide bonds. The van der Waals surface area contributed by atoms with E-state index in [-0.39, 0.29) is 80.5 Å². The average molecular weight is 1220 g/mol. The summed E-state index contributed by atoms with van der Waals surface area (Å²) in [5.41, 5.74) is 5.05. The largest absolute Gasteiger partial charge is 0.490 e. The van der Waals surface area contributed by atoms with Gasteiger partial charge in [-0.1, -0.05) is 89.0 Å². The van der Waals surface area contributed by atoms with Gasteiger partial charge in [0.25, 0.3) is 11.8 Å². The molecule has 2 spiro atoms. The minimum Gasteiger partial charge on any atom is -0.490 e. The maximum Gasteiger partial charge on any atom is 0.264 e. The topological polar surface area (TPSA) is 186 Å². The van der Waals surface area contributed by atoms with Crippen LogP contribution in [0.15, 0.2) is 97.1 Å². The number of carbonyl (C=O) groups excluding carboxylic acids is 4. The number of hydrogen-bond acceptors (Lipinski definition) is 12. The van der Waals surface area contributed by atoms with Gasteiger partial charge < -0.3 is 19.3 Å². The number of halogens is 2. The molecule has 14 nitrogen and oxygen atoms in total. The van der Waals surface area contributed by atoms with Crippen LogP contribution in [-0.4, -0.2) is 91.1 Å². The molecule has 2 N–H and O–H groups in total. The molecule has 12 rings (SSSR count). The Bertz CT molecular complexity index is 3370. The summed E-state index contributed by atoms with van der Waals surface area (Å²) in [4.78, 5) is 58.0. The van der Waals surface area contributed by atoms with Crippen molar-refractivity contribution in [3.8, 4) is 11.5 Å². The van der Waals surface area contributed by atoms with Crippen LogP contribution in [0.1, 0.15) is 136 Å². The van der Waals surface area contributed by atoms with Gasteiger partial charge in [-0.15, -0.1) is 0 Å². The molecule has 8 atom stereocenters. The van der Waals surface area contributed by atoms with Crippen molar-refractivity contribution < 1.29 is 45.5 Å². The van der Waals surface area contributed by atoms with Crippen LogP contribution >= 0.6 is 23.2 Å². The number of anilines is 2. The lowest BCUT2D eigenvalue weighted by atomic mass is 9.68. The van der Waals surface area contributed by atoms with Gasteiger partial charge in [-0.2, -0.15) is 0 Å². The normalized spacial score (nSPS) is 31.0. The quantitative estimate of drug-likeness (QED) is 0.170. The Morgan fingerprint density at radius 2 is 0.952 bits per heavy atom. The molecule has 448 valence electrons. The molecule has 84 heavy (non-hydrogen) atoms. The van der Waals surface area contributed by atoms with Crippen molar-refractivity contribution in [2.24, 2.45) is 46.3 Å². The van der Waals surface area contributed by atoms with Crippen LogP contribution in [0.5, 0.6) is 11.5 Å². The Morgan fingerprint density at radius 3 is 1.33 bits per heavy atom. The molecule has 0 unspecified atom stereocenters. The highest BCUT2D eigenvalue weighted by Crippen LogP contribution is 2.49. The molecule has 4 heterocycles. The number of nitrogens with zero attached hydrogens (tertiary/aromatic N) is 2. The number of allylic oxidation sites excluding steroid dienone is 4. The third kappa shape index (κ3) is 12.2.